The molecule has 2 amide bonds. The topological polar surface area (TPSA) is 132 Å². The number of benzene rings is 4. The van der Waals surface area contributed by atoms with E-state index < -0.39 is 0 Å². The van der Waals surface area contributed by atoms with Crippen LogP contribution in [-0.2, 0) is 32.5 Å². The number of hydrogen-bond donors (Lipinski definition) is 1. The third-order valence-electron chi connectivity index (χ3n) is 10.6. The zero-order chi connectivity index (χ0) is 38.9. The summed E-state index contributed by atoms with van der Waals surface area (Å²) in [6.07, 6.45) is 5.28. The van der Waals surface area contributed by atoms with Crippen LogP contribution in [0.25, 0.3) is 0 Å². The Balaban J connectivity index is 0.000000164. The average molecular weight is 749 g/mol. The van der Waals surface area contributed by atoms with E-state index in [0.717, 1.165) is 34.7 Å². The maximum atomic E-state index is 13.5. The van der Waals surface area contributed by atoms with Crippen molar-refractivity contribution in [1.29, 1.82) is 0 Å². The largest absolute Gasteiger partial charge is 0.494 e. The van der Waals surface area contributed by atoms with Gasteiger partial charge in [-0.25, -0.2) is 0 Å². The number of fused-ring (bicyclic) bond motifs is 6. The number of amides is 2. The van der Waals surface area contributed by atoms with E-state index in [9.17, 15) is 9.59 Å². The van der Waals surface area contributed by atoms with Crippen molar-refractivity contribution in [3.63, 3.8) is 0 Å². The van der Waals surface area contributed by atoms with Gasteiger partial charge in [-0.3, -0.25) is 24.6 Å². The van der Waals surface area contributed by atoms with Crippen molar-refractivity contribution in [3.05, 3.63) is 135 Å². The second-order valence-electron chi connectivity index (χ2n) is 14.4. The number of ether oxygens (including phenoxy) is 3. The van der Waals surface area contributed by atoms with Crippen LogP contribution in [0.1, 0.15) is 66.8 Å². The van der Waals surface area contributed by atoms with Gasteiger partial charge in [0.2, 0.25) is 0 Å². The van der Waals surface area contributed by atoms with Crippen LogP contribution >= 0.6 is 0 Å². The lowest BCUT2D eigenvalue weighted by atomic mass is 9.93. The Morgan fingerprint density at radius 2 is 1.34 bits per heavy atom. The molecular formula is C45H44N6O5. The maximum absolute atomic E-state index is 13.5. The molecule has 0 unspecified atom stereocenters. The van der Waals surface area contributed by atoms with Crippen molar-refractivity contribution in [1.82, 2.24) is 14.8 Å². The number of aliphatic imine (C=N–C) groups is 2. The lowest BCUT2D eigenvalue weighted by Gasteiger charge is -2.34. The van der Waals surface area contributed by atoms with Gasteiger partial charge in [0.15, 0.2) is 11.5 Å². The second kappa shape index (κ2) is 15.3. The van der Waals surface area contributed by atoms with Crippen LogP contribution in [0.5, 0.6) is 17.2 Å². The lowest BCUT2D eigenvalue weighted by Crippen LogP contribution is -2.44. The summed E-state index contributed by atoms with van der Waals surface area (Å²) in [5.41, 5.74) is 16.6. The van der Waals surface area contributed by atoms with Crippen LogP contribution < -0.4 is 19.9 Å². The van der Waals surface area contributed by atoms with Crippen LogP contribution in [0.4, 0.5) is 17.1 Å². The SMILES string of the molecule is CCOc1cc2c(cc1C)C(=O)N1Cc3ccccc3C[C@@H]1C=N2.COc1cc2c(cc1OCc1cccc(C)n1)N=C[C@@H]1Cc3ccc(N)cc3CN1C2=O. The molecule has 0 radical (unpaired) electrons. The first-order valence-electron chi connectivity index (χ1n) is 18.9. The first-order valence-corrected chi connectivity index (χ1v) is 18.9. The summed E-state index contributed by atoms with van der Waals surface area (Å²) >= 11 is 0. The average Bonchev–Trinajstić information content (AvgIpc) is 3.41. The van der Waals surface area contributed by atoms with Gasteiger partial charge in [-0.1, -0.05) is 36.4 Å². The van der Waals surface area contributed by atoms with Gasteiger partial charge < -0.3 is 29.7 Å². The number of hydrogen-bond acceptors (Lipinski definition) is 9. The Labute approximate surface area is 326 Å². The number of methoxy groups -OCH3 is 1. The van der Waals surface area contributed by atoms with E-state index in [1.54, 1.807) is 19.2 Å². The van der Waals surface area contributed by atoms with Gasteiger partial charge >= 0.3 is 0 Å². The number of carbonyl (C=O) groups is 2. The highest BCUT2D eigenvalue weighted by Crippen LogP contribution is 2.39. The van der Waals surface area contributed by atoms with Gasteiger partial charge in [-0.05, 0) is 97.8 Å². The van der Waals surface area contributed by atoms with E-state index >= 15 is 0 Å². The summed E-state index contributed by atoms with van der Waals surface area (Å²) in [6.45, 7) is 7.88. The Bertz CT molecular complexity index is 2410. The molecule has 2 N–H and O–H groups in total. The van der Waals surface area contributed by atoms with E-state index in [4.69, 9.17) is 19.9 Å². The van der Waals surface area contributed by atoms with Crippen molar-refractivity contribution in [2.24, 2.45) is 9.98 Å². The number of aryl methyl sites for hydroxylation is 2. The number of nitrogens with zero attached hydrogens (tertiary/aromatic N) is 5. The summed E-state index contributed by atoms with van der Waals surface area (Å²) in [6, 6.07) is 27.2. The first kappa shape index (κ1) is 36.5. The Kier molecular flexibility index (Phi) is 9.99. The summed E-state index contributed by atoms with van der Waals surface area (Å²) in [5, 5.41) is 0. The molecule has 284 valence electrons. The summed E-state index contributed by atoms with van der Waals surface area (Å²) < 4.78 is 17.2. The van der Waals surface area contributed by atoms with E-state index in [1.807, 2.05) is 97.6 Å². The minimum Gasteiger partial charge on any atom is -0.494 e. The number of carbonyl (C=O) groups excluding carboxylic acids is 2. The molecule has 0 bridgehead atoms. The quantitative estimate of drug-likeness (QED) is 0.178. The number of aromatic nitrogens is 1. The number of pyridine rings is 1. The van der Waals surface area contributed by atoms with Crippen molar-refractivity contribution < 1.29 is 23.8 Å². The molecule has 4 aromatic carbocycles. The Hall–Kier alpha value is -6.49. The van der Waals surface area contributed by atoms with Crippen molar-refractivity contribution in [2.45, 2.75) is 65.4 Å². The zero-order valence-corrected chi connectivity index (χ0v) is 32.0. The van der Waals surface area contributed by atoms with Crippen molar-refractivity contribution >= 4 is 41.3 Å². The molecule has 1 aromatic heterocycles. The predicted molar refractivity (Wildman–Crippen MR) is 217 cm³/mol. The fourth-order valence-electron chi connectivity index (χ4n) is 7.73. The third-order valence-corrected chi connectivity index (χ3v) is 10.6. The smallest absolute Gasteiger partial charge is 0.257 e. The van der Waals surface area contributed by atoms with Gasteiger partial charge in [0.1, 0.15) is 12.4 Å². The van der Waals surface area contributed by atoms with Gasteiger partial charge in [-0.2, -0.15) is 0 Å². The van der Waals surface area contributed by atoms with Gasteiger partial charge in [0.05, 0.1) is 54.0 Å². The molecule has 5 heterocycles. The molecule has 11 nitrogen and oxygen atoms in total. The highest BCUT2D eigenvalue weighted by Gasteiger charge is 2.34. The molecule has 4 aliphatic rings. The maximum Gasteiger partial charge on any atom is 0.257 e. The third kappa shape index (κ3) is 7.20. The molecule has 4 aliphatic heterocycles. The van der Waals surface area contributed by atoms with Crippen LogP contribution in [0, 0.1) is 13.8 Å². The fraction of sp³-hybridized carbons (Fsp3) is 0.267. The number of nitrogens with two attached hydrogens (primary N) is 1. The second-order valence-corrected chi connectivity index (χ2v) is 14.4. The molecule has 5 aromatic rings. The van der Waals surface area contributed by atoms with Crippen LogP contribution in [-0.4, -0.2) is 64.8 Å². The molecule has 0 fully saturated rings. The molecule has 0 saturated carbocycles. The summed E-state index contributed by atoms with van der Waals surface area (Å²) in [4.78, 5) is 44.1. The standard InChI is InChI=1S/C25H24N4O3.C20H20N2O2/c1-15-4-3-5-19(28-15)14-32-24-11-22-21(10-23(24)31-2)25(30)29-13-17-8-18(26)7-6-16(17)9-20(29)12-27-22;1-3-24-19-10-18-17(8-13(19)2)20(23)22-12-15-7-5-4-6-14(15)9-16(22)11-21-18/h3-8,10-12,20H,9,13-14,26H2,1-2H3;4-8,10-11,16H,3,9,12H2,1-2H3/t20-;16-/m01/s1. The van der Waals surface area contributed by atoms with Crippen molar-refractivity contribution in [3.8, 4) is 17.2 Å². The van der Waals surface area contributed by atoms with Gasteiger partial charge in [-0.15, -0.1) is 0 Å². The fourth-order valence-corrected chi connectivity index (χ4v) is 7.73. The molecule has 2 atom stereocenters. The van der Waals surface area contributed by atoms with Crippen LogP contribution in [0.2, 0.25) is 0 Å². The van der Waals surface area contributed by atoms with E-state index in [0.29, 0.717) is 72.4 Å². The number of rotatable bonds is 6. The minimum absolute atomic E-state index is 0.00986. The van der Waals surface area contributed by atoms with E-state index in [2.05, 4.69) is 33.2 Å². The molecular weight excluding hydrogens is 705 g/mol. The van der Waals surface area contributed by atoms with Gasteiger partial charge in [0, 0.05) is 49.0 Å². The molecule has 0 saturated heterocycles. The van der Waals surface area contributed by atoms with Crippen LogP contribution in [0.3, 0.4) is 0 Å². The first-order chi connectivity index (χ1) is 27.2. The molecule has 9 rings (SSSR count). The Morgan fingerprint density at radius 3 is 2.02 bits per heavy atom. The number of nitrogen functional groups attached to an aromatic ring is 1. The lowest BCUT2D eigenvalue weighted by molar-refractivity contribution is 0.0696. The van der Waals surface area contributed by atoms with E-state index in [1.165, 1.54) is 16.7 Å². The monoisotopic (exact) mass is 748 g/mol. The highest BCUT2D eigenvalue weighted by atomic mass is 16.5. The molecule has 0 spiro atoms. The summed E-state index contributed by atoms with van der Waals surface area (Å²) in [7, 11) is 1.56. The normalized spacial score (nSPS) is 17.4. The zero-order valence-electron chi connectivity index (χ0n) is 32.0. The summed E-state index contributed by atoms with van der Waals surface area (Å²) in [5.74, 6) is 1.77. The number of anilines is 1. The van der Waals surface area contributed by atoms with Crippen molar-refractivity contribution in [2.75, 3.05) is 19.5 Å². The van der Waals surface area contributed by atoms with E-state index in [-0.39, 0.29) is 23.9 Å². The highest BCUT2D eigenvalue weighted by molar-refractivity contribution is 6.04. The molecule has 0 aliphatic carbocycles. The molecule has 11 heteroatoms. The van der Waals surface area contributed by atoms with Crippen LogP contribution in [0.15, 0.2) is 94.9 Å². The van der Waals surface area contributed by atoms with Gasteiger partial charge in [0.25, 0.3) is 11.8 Å². The Morgan fingerprint density at radius 1 is 0.696 bits per heavy atom. The predicted octanol–water partition coefficient (Wildman–Crippen LogP) is 7.52. The minimum atomic E-state index is -0.113. The molecule has 56 heavy (non-hydrogen) atoms.